The van der Waals surface area contributed by atoms with Gasteiger partial charge in [-0.25, -0.2) is 9.78 Å². The van der Waals surface area contributed by atoms with Crippen molar-refractivity contribution in [2.45, 2.75) is 20.8 Å². The van der Waals surface area contributed by atoms with Gasteiger partial charge in [-0.05, 0) is 26.3 Å². The average Bonchev–Trinajstić information content (AvgIpc) is 2.63. The molecule has 0 aromatic carbocycles. The molecule has 0 atom stereocenters. The second-order valence-corrected chi connectivity index (χ2v) is 5.16. The lowest BCUT2D eigenvalue weighted by atomic mass is 10.2. The number of esters is 1. The molecule has 2 aromatic rings. The fraction of sp³-hybridized carbons (Fsp3) is 0.333. The van der Waals surface area contributed by atoms with Gasteiger partial charge in [-0.3, -0.25) is 9.59 Å². The van der Waals surface area contributed by atoms with E-state index in [2.05, 4.69) is 9.97 Å². The summed E-state index contributed by atoms with van der Waals surface area (Å²) in [4.78, 5) is 42.0. The van der Waals surface area contributed by atoms with E-state index >= 15 is 0 Å². The Morgan fingerprint density at radius 2 is 2.05 bits per heavy atom. The van der Waals surface area contributed by atoms with Crippen molar-refractivity contribution in [3.05, 3.63) is 26.6 Å². The second-order valence-electron chi connectivity index (χ2n) is 4.17. The number of rotatable bonds is 3. The molecule has 100 valence electrons. The standard InChI is InChI=1S/C12H12N2O4S/c1-5(15)4-18-12(17)9-6(2)8-10(16)13-7(3)14-11(8)19-9/h4H2,1-3H3,(H,13,14,16). The summed E-state index contributed by atoms with van der Waals surface area (Å²) in [6, 6.07) is 0. The molecule has 0 spiro atoms. The number of aromatic amines is 1. The predicted molar refractivity (Wildman–Crippen MR) is 70.7 cm³/mol. The predicted octanol–water partition coefficient (Wildman–Crippen LogP) is 1.35. The van der Waals surface area contributed by atoms with E-state index in [-0.39, 0.29) is 17.9 Å². The zero-order valence-corrected chi connectivity index (χ0v) is 11.5. The van der Waals surface area contributed by atoms with E-state index in [0.717, 1.165) is 11.3 Å². The number of carbonyl (C=O) groups is 2. The van der Waals surface area contributed by atoms with E-state index in [1.54, 1.807) is 13.8 Å². The van der Waals surface area contributed by atoms with Crippen molar-refractivity contribution in [3.63, 3.8) is 0 Å². The number of hydrogen-bond donors (Lipinski definition) is 1. The second kappa shape index (κ2) is 4.93. The molecule has 0 radical (unpaired) electrons. The Morgan fingerprint density at radius 3 is 2.68 bits per heavy atom. The average molecular weight is 280 g/mol. The van der Waals surface area contributed by atoms with E-state index < -0.39 is 5.97 Å². The molecule has 0 unspecified atom stereocenters. The van der Waals surface area contributed by atoms with Gasteiger partial charge >= 0.3 is 5.97 Å². The van der Waals surface area contributed by atoms with Crippen molar-refractivity contribution in [2.75, 3.05) is 6.61 Å². The first-order valence-electron chi connectivity index (χ1n) is 5.56. The van der Waals surface area contributed by atoms with Gasteiger partial charge in [0.15, 0.2) is 5.78 Å². The maximum atomic E-state index is 11.8. The molecule has 0 saturated carbocycles. The zero-order valence-electron chi connectivity index (χ0n) is 10.7. The molecule has 2 aromatic heterocycles. The highest BCUT2D eigenvalue weighted by molar-refractivity contribution is 7.20. The molecule has 0 saturated heterocycles. The minimum Gasteiger partial charge on any atom is -0.454 e. The summed E-state index contributed by atoms with van der Waals surface area (Å²) in [5.74, 6) is -0.353. The van der Waals surface area contributed by atoms with Gasteiger partial charge in [0.05, 0.1) is 5.39 Å². The summed E-state index contributed by atoms with van der Waals surface area (Å²) in [7, 11) is 0. The zero-order chi connectivity index (χ0) is 14.2. The normalized spacial score (nSPS) is 10.7. The van der Waals surface area contributed by atoms with Gasteiger partial charge in [0, 0.05) is 0 Å². The summed E-state index contributed by atoms with van der Waals surface area (Å²) in [6.45, 7) is 4.40. The molecule has 2 heterocycles. The molecule has 19 heavy (non-hydrogen) atoms. The Bertz CT molecular complexity index is 729. The summed E-state index contributed by atoms with van der Waals surface area (Å²) >= 11 is 1.10. The molecular weight excluding hydrogens is 268 g/mol. The fourth-order valence-corrected chi connectivity index (χ4v) is 2.80. The van der Waals surface area contributed by atoms with Gasteiger partial charge in [0.2, 0.25) is 0 Å². The molecular formula is C12H12N2O4S. The van der Waals surface area contributed by atoms with Crippen LogP contribution in [-0.4, -0.2) is 28.3 Å². The molecule has 0 fully saturated rings. The van der Waals surface area contributed by atoms with Crippen LogP contribution in [0.5, 0.6) is 0 Å². The monoisotopic (exact) mass is 280 g/mol. The molecule has 1 N–H and O–H groups in total. The van der Waals surface area contributed by atoms with E-state index in [1.807, 2.05) is 0 Å². The van der Waals surface area contributed by atoms with Gasteiger partial charge in [-0.15, -0.1) is 11.3 Å². The smallest absolute Gasteiger partial charge is 0.349 e. The molecule has 7 heteroatoms. The van der Waals surface area contributed by atoms with Crippen LogP contribution in [0.1, 0.15) is 28.0 Å². The highest BCUT2D eigenvalue weighted by atomic mass is 32.1. The third-order valence-corrected chi connectivity index (χ3v) is 3.68. The van der Waals surface area contributed by atoms with Crippen LogP contribution in [0, 0.1) is 13.8 Å². The molecule has 6 nitrogen and oxygen atoms in total. The molecule has 0 bridgehead atoms. The summed E-state index contributed by atoms with van der Waals surface area (Å²) < 4.78 is 4.85. The van der Waals surface area contributed by atoms with Crippen LogP contribution in [0.25, 0.3) is 10.2 Å². The topological polar surface area (TPSA) is 89.1 Å². The number of fused-ring (bicyclic) bond motifs is 1. The lowest BCUT2D eigenvalue weighted by molar-refractivity contribution is -0.120. The van der Waals surface area contributed by atoms with Crippen LogP contribution < -0.4 is 5.56 Å². The van der Waals surface area contributed by atoms with Gasteiger partial charge in [-0.2, -0.15) is 0 Å². The van der Waals surface area contributed by atoms with Gasteiger partial charge in [-0.1, -0.05) is 0 Å². The first-order valence-corrected chi connectivity index (χ1v) is 6.38. The number of carbonyl (C=O) groups excluding carboxylic acids is 2. The number of nitrogens with zero attached hydrogens (tertiary/aromatic N) is 1. The number of hydrogen-bond acceptors (Lipinski definition) is 6. The van der Waals surface area contributed by atoms with Crippen molar-refractivity contribution >= 4 is 33.3 Å². The number of thiophene rings is 1. The SMILES string of the molecule is CC(=O)COC(=O)c1sc2nc(C)[nH]c(=O)c2c1C. The minimum absolute atomic E-state index is 0.237. The van der Waals surface area contributed by atoms with Crippen LogP contribution in [-0.2, 0) is 9.53 Å². The quantitative estimate of drug-likeness (QED) is 0.857. The third kappa shape index (κ3) is 2.55. The Morgan fingerprint density at radius 1 is 1.37 bits per heavy atom. The van der Waals surface area contributed by atoms with Crippen LogP contribution >= 0.6 is 11.3 Å². The maximum absolute atomic E-state index is 11.8. The maximum Gasteiger partial charge on any atom is 0.349 e. The summed E-state index contributed by atoms with van der Waals surface area (Å²) in [5.41, 5.74) is 0.254. The molecule has 0 aliphatic rings. The first-order chi connectivity index (χ1) is 8.90. The molecule has 0 amide bonds. The Labute approximate surface area is 112 Å². The lowest BCUT2D eigenvalue weighted by Gasteiger charge is -2.00. The Balaban J connectivity index is 2.48. The summed E-state index contributed by atoms with van der Waals surface area (Å²) in [5, 5.41) is 0.394. The third-order valence-electron chi connectivity index (χ3n) is 2.51. The highest BCUT2D eigenvalue weighted by Gasteiger charge is 2.20. The van der Waals surface area contributed by atoms with Crippen LogP contribution in [0.3, 0.4) is 0 Å². The minimum atomic E-state index is -0.604. The largest absolute Gasteiger partial charge is 0.454 e. The molecule has 0 aliphatic heterocycles. The van der Waals surface area contributed by atoms with Crippen molar-refractivity contribution in [1.29, 1.82) is 0 Å². The summed E-state index contributed by atoms with van der Waals surface area (Å²) in [6.07, 6.45) is 0. The number of aromatic nitrogens is 2. The number of H-pyrrole nitrogens is 1. The van der Waals surface area contributed by atoms with E-state index in [1.165, 1.54) is 6.92 Å². The lowest BCUT2D eigenvalue weighted by Crippen LogP contribution is -2.12. The highest BCUT2D eigenvalue weighted by Crippen LogP contribution is 2.27. The van der Waals surface area contributed by atoms with Gasteiger partial charge in [0.25, 0.3) is 5.56 Å². The van der Waals surface area contributed by atoms with E-state index in [9.17, 15) is 14.4 Å². The number of ketones is 1. The van der Waals surface area contributed by atoms with Crippen molar-refractivity contribution < 1.29 is 14.3 Å². The van der Waals surface area contributed by atoms with Crippen LogP contribution in [0.15, 0.2) is 4.79 Å². The van der Waals surface area contributed by atoms with E-state index in [0.29, 0.717) is 26.5 Å². The van der Waals surface area contributed by atoms with Gasteiger partial charge in [0.1, 0.15) is 22.1 Å². The Hall–Kier alpha value is -2.02. The molecule has 2 rings (SSSR count). The number of aryl methyl sites for hydroxylation is 2. The van der Waals surface area contributed by atoms with Crippen molar-refractivity contribution in [2.24, 2.45) is 0 Å². The van der Waals surface area contributed by atoms with E-state index in [4.69, 9.17) is 4.74 Å². The van der Waals surface area contributed by atoms with Crippen LogP contribution in [0.4, 0.5) is 0 Å². The van der Waals surface area contributed by atoms with Crippen molar-refractivity contribution in [1.82, 2.24) is 9.97 Å². The molecule has 0 aliphatic carbocycles. The Kier molecular flexibility index (Phi) is 3.48. The van der Waals surface area contributed by atoms with Gasteiger partial charge < -0.3 is 9.72 Å². The number of ether oxygens (including phenoxy) is 1. The first kappa shape index (κ1) is 13.4. The van der Waals surface area contributed by atoms with Crippen molar-refractivity contribution in [3.8, 4) is 0 Å². The number of Topliss-reactive ketones (excluding diaryl/α,β-unsaturated/α-hetero) is 1. The number of nitrogens with one attached hydrogen (secondary N) is 1. The van der Waals surface area contributed by atoms with Crippen LogP contribution in [0.2, 0.25) is 0 Å². The fourth-order valence-electron chi connectivity index (χ4n) is 1.68.